The monoisotopic (exact) mass is 293 g/mol. The molecule has 5 nitrogen and oxygen atoms in total. The Labute approximate surface area is 115 Å². The number of nitrogen functional groups attached to an aromatic ring is 1. The van der Waals surface area contributed by atoms with Crippen LogP contribution in [0.15, 0.2) is 41.6 Å². The van der Waals surface area contributed by atoms with Gasteiger partial charge in [0, 0.05) is 18.4 Å². The molecule has 20 heavy (non-hydrogen) atoms. The van der Waals surface area contributed by atoms with Crippen molar-refractivity contribution in [3.8, 4) is 0 Å². The molecular weight excluding hydrogens is 281 g/mol. The van der Waals surface area contributed by atoms with Crippen LogP contribution in [0.5, 0.6) is 0 Å². The van der Waals surface area contributed by atoms with Gasteiger partial charge in [0.1, 0.15) is 0 Å². The highest BCUT2D eigenvalue weighted by atomic mass is 32.2. The lowest BCUT2D eigenvalue weighted by molar-refractivity contribution is 0.551. The molecule has 0 fully saturated rings. The quantitative estimate of drug-likeness (QED) is 0.852. The molecule has 1 aromatic carbocycles. The SMILES string of the molecule is Nc1ccc2c(c1)N(S(=O)(=O)c1ncccc1F)CC2. The lowest BCUT2D eigenvalue weighted by Crippen LogP contribution is -2.30. The summed E-state index contributed by atoms with van der Waals surface area (Å²) in [6.07, 6.45) is 1.83. The molecule has 0 bridgehead atoms. The first kappa shape index (κ1) is 12.9. The van der Waals surface area contributed by atoms with Crippen molar-refractivity contribution >= 4 is 21.4 Å². The summed E-state index contributed by atoms with van der Waals surface area (Å²) in [4.78, 5) is 3.65. The summed E-state index contributed by atoms with van der Waals surface area (Å²) in [6, 6.07) is 7.52. The average molecular weight is 293 g/mol. The highest BCUT2D eigenvalue weighted by Crippen LogP contribution is 2.34. The van der Waals surface area contributed by atoms with Gasteiger partial charge < -0.3 is 5.73 Å². The Hall–Kier alpha value is -2.15. The molecule has 0 amide bonds. The molecule has 104 valence electrons. The number of aromatic nitrogens is 1. The molecular formula is C13H12FN3O2S. The van der Waals surface area contributed by atoms with Gasteiger partial charge in [-0.05, 0) is 36.2 Å². The maximum atomic E-state index is 13.7. The van der Waals surface area contributed by atoms with E-state index in [2.05, 4.69) is 4.98 Å². The van der Waals surface area contributed by atoms with Gasteiger partial charge in [-0.2, -0.15) is 8.42 Å². The van der Waals surface area contributed by atoms with Gasteiger partial charge in [-0.25, -0.2) is 9.37 Å². The van der Waals surface area contributed by atoms with Crippen LogP contribution in [0, 0.1) is 5.82 Å². The molecule has 7 heteroatoms. The number of nitrogens with two attached hydrogens (primary N) is 1. The molecule has 0 spiro atoms. The van der Waals surface area contributed by atoms with Gasteiger partial charge in [-0.3, -0.25) is 4.31 Å². The standard InChI is InChI=1S/C13H12FN3O2S/c14-11-2-1-6-16-13(11)20(18,19)17-7-5-9-3-4-10(15)8-12(9)17/h1-4,6,8H,5,7,15H2. The summed E-state index contributed by atoms with van der Waals surface area (Å²) in [6.45, 7) is 0.261. The van der Waals surface area contributed by atoms with Gasteiger partial charge in [0.15, 0.2) is 5.82 Å². The highest BCUT2D eigenvalue weighted by Gasteiger charge is 2.33. The number of halogens is 1. The van der Waals surface area contributed by atoms with Gasteiger partial charge in [0.2, 0.25) is 5.03 Å². The van der Waals surface area contributed by atoms with Crippen molar-refractivity contribution in [2.24, 2.45) is 0 Å². The Bertz CT molecular complexity index is 777. The Morgan fingerprint density at radius 1 is 1.30 bits per heavy atom. The summed E-state index contributed by atoms with van der Waals surface area (Å²) in [7, 11) is -4.01. The molecule has 3 rings (SSSR count). The van der Waals surface area contributed by atoms with Gasteiger partial charge in [-0.15, -0.1) is 0 Å². The predicted octanol–water partition coefficient (Wildman–Crippen LogP) is 1.55. The molecule has 2 aromatic rings. The number of hydrogen-bond acceptors (Lipinski definition) is 4. The summed E-state index contributed by atoms with van der Waals surface area (Å²) in [5.74, 6) is -0.857. The number of fused-ring (bicyclic) bond motifs is 1. The maximum Gasteiger partial charge on any atom is 0.284 e. The number of nitrogens with zero attached hydrogens (tertiary/aromatic N) is 2. The van der Waals surface area contributed by atoms with Crippen molar-refractivity contribution in [3.63, 3.8) is 0 Å². The summed E-state index contributed by atoms with van der Waals surface area (Å²) < 4.78 is 39.9. The fraction of sp³-hybridized carbons (Fsp3) is 0.154. The van der Waals surface area contributed by atoms with Crippen molar-refractivity contribution in [1.29, 1.82) is 0 Å². The van der Waals surface area contributed by atoms with Crippen LogP contribution in [0.25, 0.3) is 0 Å². The Kier molecular flexibility index (Phi) is 2.86. The lowest BCUT2D eigenvalue weighted by Gasteiger charge is -2.19. The van der Waals surface area contributed by atoms with E-state index >= 15 is 0 Å². The zero-order chi connectivity index (χ0) is 14.3. The molecule has 1 aliphatic heterocycles. The van der Waals surface area contributed by atoms with E-state index in [4.69, 9.17) is 5.73 Å². The number of rotatable bonds is 2. The Morgan fingerprint density at radius 2 is 2.10 bits per heavy atom. The fourth-order valence-electron chi connectivity index (χ4n) is 2.28. The minimum Gasteiger partial charge on any atom is -0.399 e. The third-order valence-corrected chi connectivity index (χ3v) is 4.97. The second-order valence-electron chi connectivity index (χ2n) is 4.51. The first-order valence-electron chi connectivity index (χ1n) is 6.02. The summed E-state index contributed by atoms with van der Waals surface area (Å²) in [5.41, 5.74) is 7.53. The number of sulfonamides is 1. The van der Waals surface area contributed by atoms with Gasteiger partial charge >= 0.3 is 0 Å². The van der Waals surface area contributed by atoms with Crippen LogP contribution in [-0.2, 0) is 16.4 Å². The minimum atomic E-state index is -4.01. The second kappa shape index (κ2) is 4.45. The highest BCUT2D eigenvalue weighted by molar-refractivity contribution is 7.92. The third-order valence-electron chi connectivity index (χ3n) is 3.22. The second-order valence-corrected chi connectivity index (χ2v) is 6.28. The van der Waals surface area contributed by atoms with Crippen LogP contribution in [0.3, 0.4) is 0 Å². The fourth-order valence-corrected chi connectivity index (χ4v) is 3.76. The molecule has 0 radical (unpaired) electrons. The molecule has 0 saturated carbocycles. The van der Waals surface area contributed by atoms with Crippen molar-refractivity contribution in [2.75, 3.05) is 16.6 Å². The molecule has 1 aromatic heterocycles. The average Bonchev–Trinajstić information content (AvgIpc) is 2.82. The van der Waals surface area contributed by atoms with Gasteiger partial charge in [-0.1, -0.05) is 6.07 Å². The molecule has 0 saturated heterocycles. The van der Waals surface area contributed by atoms with Crippen molar-refractivity contribution in [1.82, 2.24) is 4.98 Å². The van der Waals surface area contributed by atoms with Gasteiger partial charge in [0.05, 0.1) is 5.69 Å². The van der Waals surface area contributed by atoms with Crippen molar-refractivity contribution in [2.45, 2.75) is 11.4 Å². The van der Waals surface area contributed by atoms with E-state index < -0.39 is 20.9 Å². The largest absolute Gasteiger partial charge is 0.399 e. The number of pyridine rings is 1. The first-order chi connectivity index (χ1) is 9.50. The molecule has 2 heterocycles. The van der Waals surface area contributed by atoms with Crippen LogP contribution < -0.4 is 10.0 Å². The summed E-state index contributed by atoms with van der Waals surface area (Å²) >= 11 is 0. The van der Waals surface area contributed by atoms with Gasteiger partial charge in [0.25, 0.3) is 10.0 Å². The number of hydrogen-bond donors (Lipinski definition) is 1. The van der Waals surface area contributed by atoms with E-state index in [0.29, 0.717) is 17.8 Å². The third kappa shape index (κ3) is 1.90. The van der Waals surface area contributed by atoms with E-state index in [0.717, 1.165) is 15.9 Å². The van der Waals surface area contributed by atoms with Crippen LogP contribution >= 0.6 is 0 Å². The lowest BCUT2D eigenvalue weighted by atomic mass is 10.1. The molecule has 0 aliphatic carbocycles. The minimum absolute atomic E-state index is 0.261. The van der Waals surface area contributed by atoms with E-state index in [-0.39, 0.29) is 6.54 Å². The summed E-state index contributed by atoms with van der Waals surface area (Å²) in [5, 5.41) is -0.560. The number of benzene rings is 1. The van der Waals surface area contributed by atoms with Crippen LogP contribution in [0.2, 0.25) is 0 Å². The zero-order valence-corrected chi connectivity index (χ0v) is 11.3. The molecule has 0 atom stereocenters. The van der Waals surface area contributed by atoms with Crippen LogP contribution in [0.4, 0.5) is 15.8 Å². The zero-order valence-electron chi connectivity index (χ0n) is 10.5. The van der Waals surface area contributed by atoms with Crippen LogP contribution in [0.1, 0.15) is 5.56 Å². The Balaban J connectivity index is 2.12. The smallest absolute Gasteiger partial charge is 0.284 e. The van der Waals surface area contributed by atoms with E-state index in [1.54, 1.807) is 18.2 Å². The molecule has 2 N–H and O–H groups in total. The first-order valence-corrected chi connectivity index (χ1v) is 7.46. The predicted molar refractivity (Wildman–Crippen MR) is 73.3 cm³/mol. The molecule has 1 aliphatic rings. The van der Waals surface area contributed by atoms with E-state index in [1.165, 1.54) is 12.3 Å². The normalized spacial score (nSPS) is 14.3. The Morgan fingerprint density at radius 3 is 2.85 bits per heavy atom. The maximum absolute atomic E-state index is 13.7. The van der Waals surface area contributed by atoms with Crippen LogP contribution in [-0.4, -0.2) is 19.9 Å². The number of anilines is 2. The topological polar surface area (TPSA) is 76.3 Å². The van der Waals surface area contributed by atoms with Crippen molar-refractivity contribution in [3.05, 3.63) is 47.9 Å². The van der Waals surface area contributed by atoms with Crippen molar-refractivity contribution < 1.29 is 12.8 Å². The molecule has 0 unspecified atom stereocenters. The van der Waals surface area contributed by atoms with E-state index in [1.807, 2.05) is 0 Å². The van der Waals surface area contributed by atoms with E-state index in [9.17, 15) is 12.8 Å².